The van der Waals surface area contributed by atoms with Gasteiger partial charge in [0.1, 0.15) is 6.20 Å². The summed E-state index contributed by atoms with van der Waals surface area (Å²) >= 11 is 0. The van der Waals surface area contributed by atoms with Gasteiger partial charge in [0, 0.05) is 19.8 Å². The molecule has 8 nitrogen and oxygen atoms in total. The van der Waals surface area contributed by atoms with E-state index in [9.17, 15) is 18.5 Å². The molecule has 0 aliphatic rings. The predicted octanol–water partition coefficient (Wildman–Crippen LogP) is 1.34. The van der Waals surface area contributed by atoms with Gasteiger partial charge in [0.2, 0.25) is 5.82 Å². The number of hydrogen-bond donors (Lipinski definition) is 1. The highest BCUT2D eigenvalue weighted by molar-refractivity contribution is 7.90. The highest BCUT2D eigenvalue weighted by atomic mass is 32.2. The lowest BCUT2D eigenvalue weighted by Crippen LogP contribution is -2.03. The van der Waals surface area contributed by atoms with Gasteiger partial charge in [-0.3, -0.25) is 14.8 Å². The number of anilines is 1. The number of rotatable bonds is 5. The van der Waals surface area contributed by atoms with Crippen LogP contribution in [0.4, 0.5) is 11.5 Å². The first-order valence-corrected chi connectivity index (χ1v) is 7.87. The molecule has 0 atom stereocenters. The minimum Gasteiger partial charge on any atom is -0.359 e. The largest absolute Gasteiger partial charge is 0.359 e. The molecular formula is C12H14N4O4S. The minimum absolute atomic E-state index is 0.106. The maximum atomic E-state index is 11.3. The normalized spacial score (nSPS) is 11.3. The molecule has 0 bridgehead atoms. The zero-order valence-electron chi connectivity index (χ0n) is 11.5. The number of aryl methyl sites for hydroxylation is 1. The van der Waals surface area contributed by atoms with Crippen molar-refractivity contribution in [3.63, 3.8) is 0 Å². The molecule has 1 aromatic carbocycles. The Morgan fingerprint density at radius 1 is 1.33 bits per heavy atom. The number of nitro groups is 1. The van der Waals surface area contributed by atoms with Gasteiger partial charge in [-0.2, -0.15) is 0 Å². The van der Waals surface area contributed by atoms with E-state index in [0.717, 1.165) is 11.8 Å². The van der Waals surface area contributed by atoms with E-state index in [2.05, 4.69) is 10.4 Å². The zero-order chi connectivity index (χ0) is 15.6. The van der Waals surface area contributed by atoms with Gasteiger partial charge in [0.15, 0.2) is 9.84 Å². The monoisotopic (exact) mass is 310 g/mol. The van der Waals surface area contributed by atoms with Crippen molar-refractivity contribution < 1.29 is 13.3 Å². The van der Waals surface area contributed by atoms with E-state index in [0.29, 0.717) is 6.54 Å². The average Bonchev–Trinajstić information content (AvgIpc) is 2.77. The third kappa shape index (κ3) is 3.57. The quantitative estimate of drug-likeness (QED) is 0.659. The maximum absolute atomic E-state index is 11.3. The van der Waals surface area contributed by atoms with Crippen molar-refractivity contribution in [2.75, 3.05) is 11.6 Å². The van der Waals surface area contributed by atoms with E-state index < -0.39 is 14.8 Å². The lowest BCUT2D eigenvalue weighted by Gasteiger charge is -2.04. The van der Waals surface area contributed by atoms with Crippen LogP contribution in [0.2, 0.25) is 0 Å². The molecular weight excluding hydrogens is 296 g/mol. The van der Waals surface area contributed by atoms with Crippen molar-refractivity contribution in [1.29, 1.82) is 0 Å². The molecule has 0 unspecified atom stereocenters. The van der Waals surface area contributed by atoms with Gasteiger partial charge >= 0.3 is 5.69 Å². The molecule has 0 amide bonds. The summed E-state index contributed by atoms with van der Waals surface area (Å²) in [4.78, 5) is 10.6. The fraction of sp³-hybridized carbons (Fsp3) is 0.250. The van der Waals surface area contributed by atoms with Gasteiger partial charge in [-0.25, -0.2) is 8.42 Å². The Balaban J connectivity index is 2.12. The Bertz CT molecular complexity index is 765. The number of aromatic nitrogens is 2. The molecule has 0 spiro atoms. The van der Waals surface area contributed by atoms with Gasteiger partial charge < -0.3 is 5.32 Å². The number of nitrogens with one attached hydrogen (secondary N) is 1. The van der Waals surface area contributed by atoms with Crippen LogP contribution >= 0.6 is 0 Å². The molecule has 2 aromatic rings. The number of sulfone groups is 1. The van der Waals surface area contributed by atoms with E-state index in [4.69, 9.17) is 0 Å². The van der Waals surface area contributed by atoms with Crippen molar-refractivity contribution in [1.82, 2.24) is 9.78 Å². The first-order valence-electron chi connectivity index (χ1n) is 5.98. The topological polar surface area (TPSA) is 107 Å². The number of nitrogens with zero attached hydrogens (tertiary/aromatic N) is 3. The second-order valence-electron chi connectivity index (χ2n) is 4.56. The highest BCUT2D eigenvalue weighted by Crippen LogP contribution is 2.22. The predicted molar refractivity (Wildman–Crippen MR) is 76.7 cm³/mol. The molecule has 9 heteroatoms. The highest BCUT2D eigenvalue weighted by Gasteiger charge is 2.17. The summed E-state index contributed by atoms with van der Waals surface area (Å²) in [5.74, 6) is 0.176. The van der Waals surface area contributed by atoms with Crippen molar-refractivity contribution in [3.8, 4) is 0 Å². The smallest absolute Gasteiger partial charge is 0.330 e. The lowest BCUT2D eigenvalue weighted by molar-refractivity contribution is -0.384. The van der Waals surface area contributed by atoms with Crippen molar-refractivity contribution in [2.45, 2.75) is 11.4 Å². The molecule has 1 N–H and O–H groups in total. The zero-order valence-corrected chi connectivity index (χ0v) is 12.3. The summed E-state index contributed by atoms with van der Waals surface area (Å²) in [6.07, 6.45) is 2.45. The Kier molecular flexibility index (Phi) is 3.94. The molecule has 21 heavy (non-hydrogen) atoms. The summed E-state index contributed by atoms with van der Waals surface area (Å²) in [6.45, 7) is 0.307. The van der Waals surface area contributed by atoms with E-state index in [1.54, 1.807) is 19.2 Å². The molecule has 1 heterocycles. The lowest BCUT2D eigenvalue weighted by atomic mass is 10.2. The van der Waals surface area contributed by atoms with Crippen LogP contribution in [0.1, 0.15) is 5.56 Å². The van der Waals surface area contributed by atoms with Gasteiger partial charge in [-0.1, -0.05) is 12.1 Å². The number of hydrogen-bond acceptors (Lipinski definition) is 6. The minimum atomic E-state index is -3.23. The Morgan fingerprint density at radius 2 is 1.95 bits per heavy atom. The van der Waals surface area contributed by atoms with Crippen LogP contribution in [0.25, 0.3) is 0 Å². The fourth-order valence-electron chi connectivity index (χ4n) is 1.78. The summed E-state index contributed by atoms with van der Waals surface area (Å²) < 4.78 is 24.0. The van der Waals surface area contributed by atoms with Crippen LogP contribution in [0, 0.1) is 10.1 Å². The number of benzene rings is 1. The van der Waals surface area contributed by atoms with E-state index >= 15 is 0 Å². The van der Waals surface area contributed by atoms with Crippen molar-refractivity contribution in [2.24, 2.45) is 7.05 Å². The van der Waals surface area contributed by atoms with Gasteiger partial charge in [-0.05, 0) is 17.7 Å². The van der Waals surface area contributed by atoms with Gasteiger partial charge in [0.25, 0.3) is 0 Å². The van der Waals surface area contributed by atoms with Crippen molar-refractivity contribution >= 4 is 21.3 Å². The van der Waals surface area contributed by atoms with E-state index in [1.165, 1.54) is 23.0 Å². The van der Waals surface area contributed by atoms with Crippen molar-refractivity contribution in [3.05, 3.63) is 46.1 Å². The molecule has 0 aliphatic carbocycles. The first-order chi connectivity index (χ1) is 9.77. The molecule has 1 aromatic heterocycles. The van der Waals surface area contributed by atoms with Gasteiger partial charge in [-0.15, -0.1) is 5.10 Å². The SMILES string of the molecule is Cn1cc([N+](=O)[O-])c(NCc2ccc(S(C)(=O)=O)cc2)n1. The van der Waals surface area contributed by atoms with Crippen LogP contribution in [0.5, 0.6) is 0 Å². The van der Waals surface area contributed by atoms with Crippen LogP contribution < -0.4 is 5.32 Å². The first kappa shape index (κ1) is 15.0. The third-order valence-corrected chi connectivity index (χ3v) is 3.95. The Hall–Kier alpha value is -2.42. The second kappa shape index (κ2) is 5.52. The molecule has 112 valence electrons. The average molecular weight is 310 g/mol. The van der Waals surface area contributed by atoms with E-state index in [-0.39, 0.29) is 16.4 Å². The molecule has 0 saturated heterocycles. The second-order valence-corrected chi connectivity index (χ2v) is 6.58. The summed E-state index contributed by atoms with van der Waals surface area (Å²) in [5.41, 5.74) is 0.688. The molecule has 0 radical (unpaired) electrons. The Morgan fingerprint density at radius 3 is 2.48 bits per heavy atom. The van der Waals surface area contributed by atoms with E-state index in [1.807, 2.05) is 0 Å². The van der Waals surface area contributed by atoms with Crippen LogP contribution in [-0.4, -0.2) is 29.4 Å². The van der Waals surface area contributed by atoms with Gasteiger partial charge in [0.05, 0.1) is 9.82 Å². The fourth-order valence-corrected chi connectivity index (χ4v) is 2.41. The summed E-state index contributed by atoms with van der Waals surface area (Å²) in [5, 5.41) is 17.7. The summed E-state index contributed by atoms with van der Waals surface area (Å²) in [7, 11) is -1.63. The molecule has 0 aliphatic heterocycles. The standard InChI is InChI=1S/C12H14N4O4S/c1-15-8-11(16(17)18)12(14-15)13-7-9-3-5-10(6-4-9)21(2,19)20/h3-6,8H,7H2,1-2H3,(H,13,14). The molecule has 0 fully saturated rings. The molecule has 2 rings (SSSR count). The third-order valence-electron chi connectivity index (χ3n) is 2.82. The van der Waals surface area contributed by atoms with Crippen LogP contribution in [0.3, 0.4) is 0 Å². The van der Waals surface area contributed by atoms with Crippen LogP contribution in [0.15, 0.2) is 35.4 Å². The molecule has 0 saturated carbocycles. The van der Waals surface area contributed by atoms with Crippen LogP contribution in [-0.2, 0) is 23.4 Å². The maximum Gasteiger partial charge on any atom is 0.330 e. The Labute approximate surface area is 121 Å². The summed E-state index contributed by atoms with van der Waals surface area (Å²) in [6, 6.07) is 6.30.